The van der Waals surface area contributed by atoms with Gasteiger partial charge in [0.05, 0.1) is 18.5 Å². The monoisotopic (exact) mass is 494 g/mol. The molecule has 0 aliphatic rings. The van der Waals surface area contributed by atoms with Crippen molar-refractivity contribution in [3.63, 3.8) is 0 Å². The zero-order chi connectivity index (χ0) is 25.3. The largest absolute Gasteiger partial charge is 0.495 e. The van der Waals surface area contributed by atoms with Crippen molar-refractivity contribution in [2.45, 2.75) is 32.6 Å². The second-order valence-corrected chi connectivity index (χ2v) is 9.85. The maximum Gasteiger partial charge on any atom is 0.271 e. The van der Waals surface area contributed by atoms with E-state index in [0.717, 1.165) is 5.56 Å². The molecule has 0 unspecified atom stereocenters. The van der Waals surface area contributed by atoms with Gasteiger partial charge < -0.3 is 9.26 Å². The fourth-order valence-corrected chi connectivity index (χ4v) is 5.59. The normalized spacial score (nSPS) is 11.5. The molecular weight excluding hydrogens is 468 g/mol. The molecule has 182 valence electrons. The molecule has 0 spiro atoms. The molecule has 2 aromatic heterocycles. The van der Waals surface area contributed by atoms with Crippen molar-refractivity contribution in [2.24, 2.45) is 0 Å². The van der Waals surface area contributed by atoms with Crippen LogP contribution in [0.2, 0.25) is 0 Å². The Morgan fingerprint density at radius 2 is 1.83 bits per heavy atom. The highest BCUT2D eigenvalue weighted by atomic mass is 32.2. The highest BCUT2D eigenvalue weighted by Crippen LogP contribution is 2.33. The van der Waals surface area contributed by atoms with Gasteiger partial charge in [-0.3, -0.25) is 9.10 Å². The van der Waals surface area contributed by atoms with Crippen LogP contribution in [0.25, 0.3) is 16.9 Å². The summed E-state index contributed by atoms with van der Waals surface area (Å²) < 4.78 is 40.7. The molecule has 4 aromatic rings. The molecule has 0 radical (unpaired) electrons. The van der Waals surface area contributed by atoms with Crippen LogP contribution < -0.4 is 14.6 Å². The molecule has 0 saturated carbocycles. The van der Waals surface area contributed by atoms with E-state index in [1.165, 1.54) is 28.2 Å². The lowest BCUT2D eigenvalue weighted by atomic mass is 10.1. The van der Waals surface area contributed by atoms with Crippen LogP contribution in [0.4, 0.5) is 5.69 Å². The summed E-state index contributed by atoms with van der Waals surface area (Å²) in [6, 6.07) is 15.0. The summed E-state index contributed by atoms with van der Waals surface area (Å²) >= 11 is 0. The third-order valence-electron chi connectivity index (χ3n) is 5.61. The van der Waals surface area contributed by atoms with E-state index in [4.69, 9.17) is 9.26 Å². The predicted octanol–water partition coefficient (Wildman–Crippen LogP) is 4.04. The Kier molecular flexibility index (Phi) is 6.49. The number of methoxy groups -OCH3 is 1. The van der Waals surface area contributed by atoms with Crippen LogP contribution in [-0.2, 0) is 10.0 Å². The standard InChI is InChI=1S/C25H26N4O5S/c1-6-28(20-9-7-8-16(2)14-20)35(31,32)23-15-19(10-12-22(23)33-5)21-11-13-24(30)29(26-21)25-17(3)27-34-18(25)4/h7-15H,6H2,1-5H3. The first-order valence-corrected chi connectivity index (χ1v) is 12.4. The molecule has 0 aliphatic carbocycles. The predicted molar refractivity (Wildman–Crippen MR) is 133 cm³/mol. The van der Waals surface area contributed by atoms with E-state index >= 15 is 0 Å². The quantitative estimate of drug-likeness (QED) is 0.382. The van der Waals surface area contributed by atoms with Crippen LogP contribution in [0.1, 0.15) is 23.9 Å². The molecule has 2 heterocycles. The van der Waals surface area contributed by atoms with E-state index in [1.54, 1.807) is 45.0 Å². The molecule has 2 aromatic carbocycles. The highest BCUT2D eigenvalue weighted by molar-refractivity contribution is 7.93. The molecule has 0 bridgehead atoms. The molecular formula is C25H26N4O5S. The Morgan fingerprint density at radius 1 is 1.06 bits per heavy atom. The van der Waals surface area contributed by atoms with Crippen molar-refractivity contribution in [2.75, 3.05) is 18.0 Å². The second-order valence-electron chi connectivity index (χ2n) is 8.02. The van der Waals surface area contributed by atoms with Gasteiger partial charge in [0.25, 0.3) is 15.6 Å². The summed E-state index contributed by atoms with van der Waals surface area (Å²) in [5, 5.41) is 8.37. The number of rotatable bonds is 7. The molecule has 0 amide bonds. The fraction of sp³-hybridized carbons (Fsp3) is 0.240. The third-order valence-corrected chi connectivity index (χ3v) is 7.54. The first-order chi connectivity index (χ1) is 16.7. The SMILES string of the molecule is CCN(c1cccc(C)c1)S(=O)(=O)c1cc(-c2ccc(=O)n(-c3c(C)noc3C)n2)ccc1OC. The molecule has 0 fully saturated rings. The van der Waals surface area contributed by atoms with E-state index in [9.17, 15) is 13.2 Å². The van der Waals surface area contributed by atoms with Gasteiger partial charge in [-0.05, 0) is 69.7 Å². The minimum absolute atomic E-state index is 0.00209. The van der Waals surface area contributed by atoms with Gasteiger partial charge >= 0.3 is 0 Å². The number of anilines is 1. The summed E-state index contributed by atoms with van der Waals surface area (Å²) in [6.45, 7) is 7.32. The highest BCUT2D eigenvalue weighted by Gasteiger charge is 2.28. The summed E-state index contributed by atoms with van der Waals surface area (Å²) in [7, 11) is -2.56. The molecule has 0 atom stereocenters. The van der Waals surface area contributed by atoms with Gasteiger partial charge in [0.2, 0.25) is 0 Å². The number of benzene rings is 2. The first-order valence-electron chi connectivity index (χ1n) is 11.0. The number of hydrogen-bond donors (Lipinski definition) is 0. The van der Waals surface area contributed by atoms with Crippen LogP contribution in [0.3, 0.4) is 0 Å². The van der Waals surface area contributed by atoms with Gasteiger partial charge in [0.15, 0.2) is 5.76 Å². The molecule has 10 heteroatoms. The lowest BCUT2D eigenvalue weighted by molar-refractivity contribution is 0.392. The average molecular weight is 495 g/mol. The minimum atomic E-state index is -3.98. The van der Waals surface area contributed by atoms with Crippen LogP contribution in [0.15, 0.2) is 68.8 Å². The van der Waals surface area contributed by atoms with E-state index < -0.39 is 10.0 Å². The molecule has 4 rings (SSSR count). The maximum absolute atomic E-state index is 13.8. The molecule has 0 N–H and O–H groups in total. The number of aryl methyl sites for hydroxylation is 3. The van der Waals surface area contributed by atoms with Crippen molar-refractivity contribution >= 4 is 15.7 Å². The number of aromatic nitrogens is 3. The van der Waals surface area contributed by atoms with Gasteiger partial charge in [0.1, 0.15) is 22.0 Å². The van der Waals surface area contributed by atoms with Gasteiger partial charge in [-0.25, -0.2) is 8.42 Å². The van der Waals surface area contributed by atoms with Crippen molar-refractivity contribution in [1.82, 2.24) is 14.9 Å². The smallest absolute Gasteiger partial charge is 0.271 e. The average Bonchev–Trinajstić information content (AvgIpc) is 3.17. The van der Waals surface area contributed by atoms with Crippen molar-refractivity contribution < 1.29 is 17.7 Å². The molecule has 9 nitrogen and oxygen atoms in total. The molecule has 0 saturated heterocycles. The Morgan fingerprint density at radius 3 is 2.46 bits per heavy atom. The first kappa shape index (κ1) is 24.2. The summed E-state index contributed by atoms with van der Waals surface area (Å²) in [5.41, 5.74) is 3.03. The summed E-state index contributed by atoms with van der Waals surface area (Å²) in [5.74, 6) is 0.655. The Labute approximate surface area is 203 Å². The van der Waals surface area contributed by atoms with Gasteiger partial charge in [-0.15, -0.1) is 0 Å². The van der Waals surface area contributed by atoms with Gasteiger partial charge in [-0.1, -0.05) is 17.3 Å². The maximum atomic E-state index is 13.8. The van der Waals surface area contributed by atoms with Crippen LogP contribution in [-0.4, -0.2) is 37.0 Å². The van der Waals surface area contributed by atoms with E-state index in [2.05, 4.69) is 10.3 Å². The van der Waals surface area contributed by atoms with Crippen molar-refractivity contribution in [1.29, 1.82) is 0 Å². The number of ether oxygens (including phenoxy) is 1. The lowest BCUT2D eigenvalue weighted by Crippen LogP contribution is -2.31. The second kappa shape index (κ2) is 9.38. The number of sulfonamides is 1. The minimum Gasteiger partial charge on any atom is -0.495 e. The number of hydrogen-bond acceptors (Lipinski definition) is 7. The lowest BCUT2D eigenvalue weighted by Gasteiger charge is -2.24. The summed E-state index contributed by atoms with van der Waals surface area (Å²) in [4.78, 5) is 12.6. The zero-order valence-corrected chi connectivity index (χ0v) is 21.0. The summed E-state index contributed by atoms with van der Waals surface area (Å²) in [6.07, 6.45) is 0. The van der Waals surface area contributed by atoms with E-state index in [-0.39, 0.29) is 22.7 Å². The Hall–Kier alpha value is -3.92. The van der Waals surface area contributed by atoms with Crippen molar-refractivity contribution in [3.8, 4) is 22.7 Å². The fourth-order valence-electron chi connectivity index (χ4n) is 3.94. The van der Waals surface area contributed by atoms with Crippen LogP contribution in [0, 0.1) is 20.8 Å². The Bertz CT molecular complexity index is 1540. The molecule has 35 heavy (non-hydrogen) atoms. The van der Waals surface area contributed by atoms with E-state index in [1.807, 2.05) is 25.1 Å². The van der Waals surface area contributed by atoms with Crippen molar-refractivity contribution in [3.05, 3.63) is 82.0 Å². The Balaban J connectivity index is 1.86. The topological polar surface area (TPSA) is 108 Å². The number of nitrogens with zero attached hydrogens (tertiary/aromatic N) is 4. The third kappa shape index (κ3) is 4.44. The van der Waals surface area contributed by atoms with Gasteiger partial charge in [0, 0.05) is 18.2 Å². The van der Waals surface area contributed by atoms with Crippen LogP contribution >= 0.6 is 0 Å². The molecule has 0 aliphatic heterocycles. The van der Waals surface area contributed by atoms with E-state index in [0.29, 0.717) is 34.1 Å². The van der Waals surface area contributed by atoms with Gasteiger partial charge in [-0.2, -0.15) is 9.78 Å². The van der Waals surface area contributed by atoms with Crippen LogP contribution in [0.5, 0.6) is 5.75 Å². The zero-order valence-electron chi connectivity index (χ0n) is 20.1.